The highest BCUT2D eigenvalue weighted by atomic mass is 16.5. The molecule has 0 unspecified atom stereocenters. The molecule has 142 valence electrons. The van der Waals surface area contributed by atoms with Crippen LogP contribution in [-0.4, -0.2) is 29.2 Å². The summed E-state index contributed by atoms with van der Waals surface area (Å²) in [4.78, 5) is 16.7. The van der Waals surface area contributed by atoms with Gasteiger partial charge in [0.05, 0.1) is 19.2 Å². The van der Waals surface area contributed by atoms with Gasteiger partial charge >= 0.3 is 5.97 Å². The first-order valence-corrected chi connectivity index (χ1v) is 9.05. The molecule has 0 aliphatic carbocycles. The van der Waals surface area contributed by atoms with Crippen LogP contribution in [0.4, 0.5) is 0 Å². The van der Waals surface area contributed by atoms with Crippen LogP contribution in [0.5, 0.6) is 11.5 Å². The Balaban J connectivity index is 1.85. The minimum absolute atomic E-state index is 0.148. The summed E-state index contributed by atoms with van der Waals surface area (Å²) >= 11 is 0. The van der Waals surface area contributed by atoms with Gasteiger partial charge in [-0.3, -0.25) is 4.79 Å². The zero-order chi connectivity index (χ0) is 19.2. The van der Waals surface area contributed by atoms with Crippen LogP contribution in [0.15, 0.2) is 42.5 Å². The van der Waals surface area contributed by atoms with Crippen LogP contribution < -0.4 is 9.47 Å². The lowest BCUT2D eigenvalue weighted by atomic mass is 10.2. The molecule has 0 aliphatic rings. The third-order valence-electron chi connectivity index (χ3n) is 4.28. The zero-order valence-electron chi connectivity index (χ0n) is 15.9. The molecular weight excluding hydrogens is 344 g/mol. The third-order valence-corrected chi connectivity index (χ3v) is 4.28. The van der Waals surface area contributed by atoms with Crippen molar-refractivity contribution in [2.45, 2.75) is 33.4 Å². The number of carbonyl (C=O) groups excluding carboxylic acids is 1. The second kappa shape index (κ2) is 8.58. The Morgan fingerprint density at radius 1 is 1.11 bits per heavy atom. The highest BCUT2D eigenvalue weighted by molar-refractivity contribution is 5.84. The fourth-order valence-electron chi connectivity index (χ4n) is 2.95. The van der Waals surface area contributed by atoms with Gasteiger partial charge in [-0.1, -0.05) is 25.1 Å². The number of esters is 1. The van der Waals surface area contributed by atoms with Gasteiger partial charge in [-0.2, -0.15) is 0 Å². The fourth-order valence-corrected chi connectivity index (χ4v) is 2.95. The van der Waals surface area contributed by atoms with E-state index in [1.165, 1.54) is 0 Å². The summed E-state index contributed by atoms with van der Waals surface area (Å²) in [6.45, 7) is 4.75. The lowest BCUT2D eigenvalue weighted by Crippen LogP contribution is -2.15. The summed E-state index contributed by atoms with van der Waals surface area (Å²) < 4.78 is 18.2. The average molecular weight is 368 g/mol. The van der Waals surface area contributed by atoms with Crippen LogP contribution in [-0.2, 0) is 29.1 Å². The predicted molar refractivity (Wildman–Crippen MR) is 103 cm³/mol. The van der Waals surface area contributed by atoms with E-state index in [1.807, 2.05) is 54.0 Å². The van der Waals surface area contributed by atoms with E-state index in [1.54, 1.807) is 14.0 Å². The molecule has 0 amide bonds. The van der Waals surface area contributed by atoms with Crippen molar-refractivity contribution in [3.63, 3.8) is 0 Å². The van der Waals surface area contributed by atoms with Crippen LogP contribution in [0.2, 0.25) is 0 Å². The van der Waals surface area contributed by atoms with Crippen LogP contribution in [0, 0.1) is 0 Å². The monoisotopic (exact) mass is 368 g/mol. The molecule has 0 spiro atoms. The minimum Gasteiger partial charge on any atom is -0.497 e. The number of aromatic nitrogens is 2. The SMILES string of the molecule is CCOC(=O)Cn1c(CC)nc2c(OCc3ccc(OC)cc3)cccc21. The maximum atomic E-state index is 12.0. The zero-order valence-corrected chi connectivity index (χ0v) is 15.9. The van der Waals surface area contributed by atoms with Crippen molar-refractivity contribution in [1.29, 1.82) is 0 Å². The quantitative estimate of drug-likeness (QED) is 0.567. The van der Waals surface area contributed by atoms with E-state index in [-0.39, 0.29) is 12.5 Å². The molecule has 0 bridgehead atoms. The fraction of sp³-hybridized carbons (Fsp3) is 0.333. The van der Waals surface area contributed by atoms with Crippen LogP contribution >= 0.6 is 0 Å². The van der Waals surface area contributed by atoms with Gasteiger partial charge in [0.25, 0.3) is 0 Å². The lowest BCUT2D eigenvalue weighted by molar-refractivity contribution is -0.143. The first kappa shape index (κ1) is 18.8. The van der Waals surface area contributed by atoms with Crippen molar-refractivity contribution >= 4 is 17.0 Å². The predicted octanol–water partition coefficient (Wildman–Crippen LogP) is 3.75. The number of carbonyl (C=O) groups is 1. The number of nitrogens with zero attached hydrogens (tertiary/aromatic N) is 2. The van der Waals surface area contributed by atoms with Crippen molar-refractivity contribution in [2.24, 2.45) is 0 Å². The lowest BCUT2D eigenvalue weighted by Gasteiger charge is -2.09. The summed E-state index contributed by atoms with van der Waals surface area (Å²) in [6.07, 6.45) is 0.714. The number of hydrogen-bond donors (Lipinski definition) is 0. The second-order valence-electron chi connectivity index (χ2n) is 6.03. The highest BCUT2D eigenvalue weighted by Gasteiger charge is 2.16. The molecule has 0 saturated heterocycles. The number of hydrogen-bond acceptors (Lipinski definition) is 5. The Morgan fingerprint density at radius 3 is 2.56 bits per heavy atom. The Kier molecular flexibility index (Phi) is 5.96. The van der Waals surface area contributed by atoms with E-state index in [0.717, 1.165) is 28.2 Å². The first-order chi connectivity index (χ1) is 13.2. The molecular formula is C21H24N2O4. The highest BCUT2D eigenvalue weighted by Crippen LogP contribution is 2.27. The Morgan fingerprint density at radius 2 is 1.89 bits per heavy atom. The molecule has 1 heterocycles. The largest absolute Gasteiger partial charge is 0.497 e. The van der Waals surface area contributed by atoms with Crippen LogP contribution in [0.3, 0.4) is 0 Å². The van der Waals surface area contributed by atoms with Gasteiger partial charge in [-0.25, -0.2) is 4.98 Å². The Hall–Kier alpha value is -3.02. The average Bonchev–Trinajstić information content (AvgIpc) is 3.05. The maximum absolute atomic E-state index is 12.0. The molecule has 6 nitrogen and oxygen atoms in total. The van der Waals surface area contributed by atoms with E-state index in [4.69, 9.17) is 19.2 Å². The van der Waals surface area contributed by atoms with Crippen molar-refractivity contribution in [3.05, 3.63) is 53.9 Å². The molecule has 0 atom stereocenters. The summed E-state index contributed by atoms with van der Waals surface area (Å²) in [5, 5.41) is 0. The molecule has 0 aliphatic heterocycles. The normalized spacial score (nSPS) is 10.8. The molecule has 3 aromatic rings. The number of imidazole rings is 1. The minimum atomic E-state index is -0.268. The third kappa shape index (κ3) is 4.22. The van der Waals surface area contributed by atoms with E-state index >= 15 is 0 Å². The molecule has 0 fully saturated rings. The molecule has 0 radical (unpaired) electrons. The van der Waals surface area contributed by atoms with E-state index in [2.05, 4.69) is 0 Å². The van der Waals surface area contributed by atoms with Gasteiger partial charge < -0.3 is 18.8 Å². The first-order valence-electron chi connectivity index (χ1n) is 9.05. The van der Waals surface area contributed by atoms with E-state index in [9.17, 15) is 4.79 Å². The number of rotatable bonds is 8. The second-order valence-corrected chi connectivity index (χ2v) is 6.03. The van der Waals surface area contributed by atoms with Gasteiger partial charge in [0.1, 0.15) is 36.0 Å². The van der Waals surface area contributed by atoms with E-state index < -0.39 is 0 Å². The van der Waals surface area contributed by atoms with Crippen molar-refractivity contribution < 1.29 is 19.0 Å². The summed E-state index contributed by atoms with van der Waals surface area (Å²) in [6, 6.07) is 13.5. The molecule has 3 rings (SSSR count). The molecule has 2 aromatic carbocycles. The Labute approximate surface area is 158 Å². The smallest absolute Gasteiger partial charge is 0.326 e. The van der Waals surface area contributed by atoms with Gasteiger partial charge in [0.15, 0.2) is 0 Å². The molecule has 0 saturated carbocycles. The topological polar surface area (TPSA) is 62.6 Å². The number of ether oxygens (including phenoxy) is 3. The number of fused-ring (bicyclic) bond motifs is 1. The van der Waals surface area contributed by atoms with Crippen LogP contribution in [0.1, 0.15) is 25.2 Å². The maximum Gasteiger partial charge on any atom is 0.326 e. The summed E-state index contributed by atoms with van der Waals surface area (Å²) in [7, 11) is 1.64. The van der Waals surface area contributed by atoms with Crippen LogP contribution in [0.25, 0.3) is 11.0 Å². The van der Waals surface area contributed by atoms with Gasteiger partial charge in [0, 0.05) is 6.42 Å². The number of benzene rings is 2. The summed E-state index contributed by atoms with van der Waals surface area (Å²) in [5.41, 5.74) is 2.66. The molecule has 1 aromatic heterocycles. The molecule has 0 N–H and O–H groups in total. The van der Waals surface area contributed by atoms with Crippen molar-refractivity contribution in [2.75, 3.05) is 13.7 Å². The number of para-hydroxylation sites is 1. The number of aryl methyl sites for hydroxylation is 1. The summed E-state index contributed by atoms with van der Waals surface area (Å²) in [5.74, 6) is 2.07. The number of methoxy groups -OCH3 is 1. The Bertz CT molecular complexity index is 916. The van der Waals surface area contributed by atoms with Crippen molar-refractivity contribution in [3.8, 4) is 11.5 Å². The molecule has 6 heteroatoms. The molecule has 27 heavy (non-hydrogen) atoms. The standard InChI is InChI=1S/C21H24N2O4/c1-4-19-22-21-17(23(19)13-20(24)26-5-2)7-6-8-18(21)27-14-15-9-11-16(25-3)12-10-15/h6-12H,4-5,13-14H2,1-3H3. The van der Waals surface area contributed by atoms with Gasteiger partial charge in [-0.15, -0.1) is 0 Å². The van der Waals surface area contributed by atoms with Crippen molar-refractivity contribution in [1.82, 2.24) is 9.55 Å². The van der Waals surface area contributed by atoms with Gasteiger partial charge in [-0.05, 0) is 36.8 Å². The van der Waals surface area contributed by atoms with E-state index in [0.29, 0.717) is 25.4 Å². The van der Waals surface area contributed by atoms with Gasteiger partial charge in [0.2, 0.25) is 0 Å².